The van der Waals surface area contributed by atoms with E-state index < -0.39 is 6.03 Å². The highest BCUT2D eigenvalue weighted by molar-refractivity contribution is 6.02. The van der Waals surface area contributed by atoms with Crippen LogP contribution in [0.1, 0.15) is 126 Å². The molecule has 20 heteroatoms. The number of ether oxygens (including phenoxy) is 3. The van der Waals surface area contributed by atoms with Gasteiger partial charge in [-0.3, -0.25) is 34.8 Å². The number of nitrogens with zero attached hydrogens (tertiary/aromatic N) is 10. The highest BCUT2D eigenvalue weighted by atomic mass is 16.5. The molecule has 0 aromatic carbocycles. The van der Waals surface area contributed by atoms with Gasteiger partial charge in [-0.1, -0.05) is 13.8 Å². The van der Waals surface area contributed by atoms with Crippen LogP contribution in [0.25, 0.3) is 0 Å². The topological polar surface area (TPSA) is 249 Å². The molecule has 0 radical (unpaired) electrons. The second kappa shape index (κ2) is 25.5. The maximum absolute atomic E-state index is 13.4. The molecule has 0 saturated carbocycles. The number of rotatable bonds is 17. The van der Waals surface area contributed by atoms with Crippen molar-refractivity contribution in [1.82, 2.24) is 29.7 Å². The Kier molecular flexibility index (Phi) is 18.8. The number of nitrogens with one attached hydrogen (secondary N) is 2. The Bertz CT molecular complexity index is 2810. The van der Waals surface area contributed by atoms with Gasteiger partial charge in [0, 0.05) is 104 Å². The molecule has 74 heavy (non-hydrogen) atoms. The third-order valence-corrected chi connectivity index (χ3v) is 14.0. The van der Waals surface area contributed by atoms with Gasteiger partial charge in [0.15, 0.2) is 6.29 Å². The number of nitriles is 2. The van der Waals surface area contributed by atoms with E-state index >= 15 is 0 Å². The molecule has 3 atom stereocenters. The largest absolute Gasteiger partial charge is 0.385 e. The number of carbonyl (C=O) groups excluding carboxylic acids is 5. The van der Waals surface area contributed by atoms with Gasteiger partial charge in [0.2, 0.25) is 11.8 Å². The van der Waals surface area contributed by atoms with E-state index in [1.54, 1.807) is 43.3 Å². The predicted molar refractivity (Wildman–Crippen MR) is 275 cm³/mol. The van der Waals surface area contributed by atoms with Crippen molar-refractivity contribution >= 4 is 53.4 Å². The van der Waals surface area contributed by atoms with Crippen LogP contribution in [0, 0.1) is 34.5 Å². The number of aromatic nitrogens is 4. The zero-order valence-corrected chi connectivity index (χ0v) is 43.2. The third kappa shape index (κ3) is 12.9. The Morgan fingerprint density at radius 3 is 1.62 bits per heavy atom. The van der Waals surface area contributed by atoms with Crippen molar-refractivity contribution in [2.45, 2.75) is 104 Å². The minimum atomic E-state index is -0.406. The van der Waals surface area contributed by atoms with Crippen molar-refractivity contribution in [3.05, 3.63) is 92.6 Å². The van der Waals surface area contributed by atoms with Gasteiger partial charge in [-0.05, 0) is 123 Å². The van der Waals surface area contributed by atoms with Crippen LogP contribution >= 0.6 is 0 Å². The Labute approximate surface area is 432 Å². The molecule has 2 fully saturated rings. The van der Waals surface area contributed by atoms with Crippen LogP contribution in [0.15, 0.2) is 36.7 Å². The zero-order chi connectivity index (χ0) is 52.9. The van der Waals surface area contributed by atoms with E-state index in [9.17, 15) is 34.5 Å². The fourth-order valence-corrected chi connectivity index (χ4v) is 9.76. The van der Waals surface area contributed by atoms with Gasteiger partial charge in [-0.2, -0.15) is 10.5 Å². The Hall–Kier alpha value is -7.39. The molecule has 2 saturated heterocycles. The van der Waals surface area contributed by atoms with E-state index in [1.165, 1.54) is 17.3 Å². The Morgan fingerprint density at radius 1 is 0.716 bits per heavy atom. The second-order valence-corrected chi connectivity index (χ2v) is 19.2. The van der Waals surface area contributed by atoms with E-state index in [4.69, 9.17) is 19.2 Å². The smallest absolute Gasteiger partial charge is 0.328 e. The van der Waals surface area contributed by atoms with Crippen LogP contribution in [-0.4, -0.2) is 121 Å². The van der Waals surface area contributed by atoms with Gasteiger partial charge in [0.05, 0.1) is 22.9 Å². The first-order chi connectivity index (χ1) is 35.8. The minimum Gasteiger partial charge on any atom is -0.385 e. The molecule has 4 aromatic heterocycles. The summed E-state index contributed by atoms with van der Waals surface area (Å²) in [5, 5.41) is 24.5. The van der Waals surface area contributed by atoms with Crippen LogP contribution < -0.4 is 20.4 Å². The molecule has 4 aliphatic heterocycles. The number of methoxy groups -OCH3 is 3. The molecule has 390 valence electrons. The van der Waals surface area contributed by atoms with Gasteiger partial charge in [-0.25, -0.2) is 29.5 Å². The van der Waals surface area contributed by atoms with E-state index in [0.717, 1.165) is 91.4 Å². The SMILES string of the molecule is COCCCc1cc(NC(=O)N2CCCc3cc(CN4CC[C@@H](C)C4=O)c(C(C)OC)nc32)ncc1C#N.COCCCc1cc(NC(=O)N2CCCc3cc(CN4CC[C@@H](C)C4=O)c(C=O)nc32)ncc1C#N. The monoisotopic (exact) mass is 1010 g/mol. The number of amides is 6. The van der Waals surface area contributed by atoms with Crippen LogP contribution in [0.3, 0.4) is 0 Å². The predicted octanol–water partition coefficient (Wildman–Crippen LogP) is 7.08. The molecule has 0 aliphatic carbocycles. The number of urea groups is 2. The van der Waals surface area contributed by atoms with Gasteiger partial charge in [0.1, 0.15) is 41.1 Å². The van der Waals surface area contributed by atoms with Crippen molar-refractivity contribution in [1.29, 1.82) is 10.5 Å². The van der Waals surface area contributed by atoms with Crippen LogP contribution in [0.2, 0.25) is 0 Å². The lowest BCUT2D eigenvalue weighted by atomic mass is 10.00. The molecule has 0 bridgehead atoms. The van der Waals surface area contributed by atoms with E-state index in [0.29, 0.717) is 105 Å². The maximum Gasteiger partial charge on any atom is 0.328 e. The highest BCUT2D eigenvalue weighted by Crippen LogP contribution is 2.34. The van der Waals surface area contributed by atoms with Crippen molar-refractivity contribution in [2.75, 3.05) is 81.2 Å². The number of hydrogen-bond donors (Lipinski definition) is 2. The highest BCUT2D eigenvalue weighted by Gasteiger charge is 2.33. The molecule has 8 rings (SSSR count). The van der Waals surface area contributed by atoms with Gasteiger partial charge < -0.3 is 24.0 Å². The van der Waals surface area contributed by atoms with Gasteiger partial charge in [0.25, 0.3) is 0 Å². The van der Waals surface area contributed by atoms with Crippen LogP contribution in [-0.2, 0) is 62.6 Å². The number of hydrogen-bond acceptors (Lipinski definition) is 14. The lowest BCUT2D eigenvalue weighted by Gasteiger charge is -2.31. The molecule has 6 amide bonds. The van der Waals surface area contributed by atoms with E-state index in [-0.39, 0.29) is 41.5 Å². The van der Waals surface area contributed by atoms with Gasteiger partial charge >= 0.3 is 12.1 Å². The maximum atomic E-state index is 13.4. The van der Waals surface area contributed by atoms with Crippen molar-refractivity contribution < 1.29 is 38.2 Å². The van der Waals surface area contributed by atoms with Gasteiger partial charge in [-0.15, -0.1) is 0 Å². The van der Waals surface area contributed by atoms with E-state index in [1.807, 2.05) is 31.7 Å². The Balaban J connectivity index is 0.000000217. The van der Waals surface area contributed by atoms with E-state index in [2.05, 4.69) is 43.8 Å². The lowest BCUT2D eigenvalue weighted by Crippen LogP contribution is -2.40. The molecule has 1 unspecified atom stereocenters. The summed E-state index contributed by atoms with van der Waals surface area (Å²) in [5.74, 6) is 2.06. The summed E-state index contributed by atoms with van der Waals surface area (Å²) in [7, 11) is 4.89. The summed E-state index contributed by atoms with van der Waals surface area (Å²) in [6.45, 7) is 10.1. The summed E-state index contributed by atoms with van der Waals surface area (Å²) >= 11 is 0. The number of pyridine rings is 4. The molecule has 4 aliphatic rings. The van der Waals surface area contributed by atoms with Crippen molar-refractivity contribution in [2.24, 2.45) is 11.8 Å². The van der Waals surface area contributed by atoms with Crippen LogP contribution in [0.4, 0.5) is 32.9 Å². The molecule has 4 aromatic rings. The fourth-order valence-electron chi connectivity index (χ4n) is 9.76. The first kappa shape index (κ1) is 54.4. The minimum absolute atomic E-state index is 0.00853. The lowest BCUT2D eigenvalue weighted by molar-refractivity contribution is -0.131. The second-order valence-electron chi connectivity index (χ2n) is 19.2. The Morgan fingerprint density at radius 2 is 1.19 bits per heavy atom. The molecule has 2 N–H and O–H groups in total. The standard InChI is InChI=1S/C28H36N6O4.C26H30N6O4/c1-18-9-11-33(27(18)35)17-22-13-21-7-5-10-34(26(21)32-25(22)19(2)38-4)28(36)31-24-14-20(8-6-12-37-3)23(15-29)16-30-24;1-17-7-9-31(25(17)34)15-20-11-19-5-3-8-32(24(19)29-22(20)16-33)26(35)30-23-12-18(6-4-10-36-2)21(13-27)14-28-23/h13-14,16,18-19H,5-12,17H2,1-4H3,(H,30,31,36);11-12,14,16-17H,3-10,15H2,1-2H3,(H,28,30,35)/t18-,19?;17-/m11/s1. The number of aryl methyl sites for hydroxylation is 4. The third-order valence-electron chi connectivity index (χ3n) is 14.0. The normalized spacial score (nSPS) is 17.4. The zero-order valence-electron chi connectivity index (χ0n) is 43.2. The average Bonchev–Trinajstić information content (AvgIpc) is 3.90. The summed E-state index contributed by atoms with van der Waals surface area (Å²) in [6, 6.07) is 11.0. The summed E-state index contributed by atoms with van der Waals surface area (Å²) < 4.78 is 15.8. The number of fused-ring (bicyclic) bond motifs is 2. The average molecular weight is 1010 g/mol. The molecule has 20 nitrogen and oxygen atoms in total. The van der Waals surface area contributed by atoms with Crippen molar-refractivity contribution in [3.63, 3.8) is 0 Å². The van der Waals surface area contributed by atoms with Crippen LogP contribution in [0.5, 0.6) is 0 Å². The quantitative estimate of drug-likeness (QED) is 0.0793. The number of anilines is 4. The molecular formula is C54H66N12O8. The first-order valence-corrected chi connectivity index (χ1v) is 25.3. The number of aldehydes is 1. The number of carbonyl (C=O) groups is 5. The summed E-state index contributed by atoms with van der Waals surface area (Å²) in [4.78, 5) is 88.2. The molecule has 0 spiro atoms. The fraction of sp³-hybridized carbons (Fsp3) is 0.500. The molecular weight excluding hydrogens is 945 g/mol. The molecule has 8 heterocycles. The summed E-state index contributed by atoms with van der Waals surface area (Å²) in [6.07, 6.45) is 10.8. The number of likely N-dealkylation sites (tertiary alicyclic amines) is 2. The van der Waals surface area contributed by atoms with Crippen molar-refractivity contribution in [3.8, 4) is 12.1 Å². The summed E-state index contributed by atoms with van der Waals surface area (Å²) in [5.41, 5.74) is 7.01. The first-order valence-electron chi connectivity index (χ1n) is 25.3.